The van der Waals surface area contributed by atoms with Gasteiger partial charge in [0.2, 0.25) is 0 Å². The molecule has 0 amide bonds. The Morgan fingerprint density at radius 3 is 2.32 bits per heavy atom. The van der Waals surface area contributed by atoms with Crippen LogP contribution in [-0.4, -0.2) is 12.1 Å². The summed E-state index contributed by atoms with van der Waals surface area (Å²) in [4.78, 5) is 4.44. The first-order valence-electron chi connectivity index (χ1n) is 11.0. The van der Waals surface area contributed by atoms with Crippen LogP contribution >= 0.6 is 0 Å². The lowest BCUT2D eigenvalue weighted by molar-refractivity contribution is 0.304. The monoisotopic (exact) mass is 448 g/mol. The maximum atomic E-state index is 6.04. The Balaban J connectivity index is 1.25. The number of methoxy groups -OCH3 is 1. The molecule has 0 saturated carbocycles. The summed E-state index contributed by atoms with van der Waals surface area (Å²) in [7, 11) is 1.65. The van der Waals surface area contributed by atoms with Gasteiger partial charge in [-0.05, 0) is 60.2 Å². The average Bonchev–Trinajstić information content (AvgIpc) is 2.89. The standard InChI is InChI=1S/C29H24N2O3/c1-32-24-14-15-27-28(16-17-30-29(27)19-24)31-22-10-12-23(13-11-22)34-26-9-5-8-25(18-26)33-20-21-6-3-2-4-7-21/h2-19H,20H2,1H3,(H,30,31). The number of benzene rings is 4. The number of hydrogen-bond acceptors (Lipinski definition) is 5. The van der Waals surface area contributed by atoms with Crippen molar-refractivity contribution in [1.29, 1.82) is 0 Å². The van der Waals surface area contributed by atoms with E-state index >= 15 is 0 Å². The molecule has 0 bridgehead atoms. The zero-order chi connectivity index (χ0) is 23.2. The molecule has 0 aliphatic rings. The van der Waals surface area contributed by atoms with Gasteiger partial charge in [-0.15, -0.1) is 0 Å². The van der Waals surface area contributed by atoms with Gasteiger partial charge in [0.1, 0.15) is 29.6 Å². The van der Waals surface area contributed by atoms with Gasteiger partial charge < -0.3 is 19.5 Å². The lowest BCUT2D eigenvalue weighted by Crippen LogP contribution is -1.95. The van der Waals surface area contributed by atoms with Crippen LogP contribution in [-0.2, 0) is 6.61 Å². The minimum absolute atomic E-state index is 0.515. The van der Waals surface area contributed by atoms with Gasteiger partial charge in [-0.3, -0.25) is 4.98 Å². The molecule has 0 atom stereocenters. The molecule has 5 aromatic rings. The molecule has 5 nitrogen and oxygen atoms in total. The van der Waals surface area contributed by atoms with E-state index < -0.39 is 0 Å². The highest BCUT2D eigenvalue weighted by atomic mass is 16.5. The number of nitrogens with zero attached hydrogens (tertiary/aromatic N) is 1. The number of aromatic nitrogens is 1. The Bertz CT molecular complexity index is 1390. The third-order valence-corrected chi connectivity index (χ3v) is 5.37. The largest absolute Gasteiger partial charge is 0.497 e. The first-order valence-corrected chi connectivity index (χ1v) is 11.0. The molecule has 1 heterocycles. The van der Waals surface area contributed by atoms with E-state index in [9.17, 15) is 0 Å². The van der Waals surface area contributed by atoms with Crippen molar-refractivity contribution in [1.82, 2.24) is 4.98 Å². The number of nitrogens with one attached hydrogen (secondary N) is 1. The van der Waals surface area contributed by atoms with Gasteiger partial charge in [0.15, 0.2) is 0 Å². The maximum Gasteiger partial charge on any atom is 0.131 e. The van der Waals surface area contributed by atoms with Gasteiger partial charge in [0, 0.05) is 35.1 Å². The third kappa shape index (κ3) is 5.10. The van der Waals surface area contributed by atoms with Crippen LogP contribution in [0.25, 0.3) is 10.9 Å². The zero-order valence-corrected chi connectivity index (χ0v) is 18.8. The molecule has 34 heavy (non-hydrogen) atoms. The van der Waals surface area contributed by atoms with Crippen molar-refractivity contribution in [3.05, 3.63) is 115 Å². The number of hydrogen-bond donors (Lipinski definition) is 1. The molecule has 0 aliphatic carbocycles. The second-order valence-corrected chi connectivity index (χ2v) is 7.74. The summed E-state index contributed by atoms with van der Waals surface area (Å²) in [6.07, 6.45) is 1.79. The lowest BCUT2D eigenvalue weighted by atomic mass is 10.1. The minimum Gasteiger partial charge on any atom is -0.497 e. The molecule has 0 radical (unpaired) electrons. The van der Waals surface area contributed by atoms with Crippen molar-refractivity contribution >= 4 is 22.3 Å². The summed E-state index contributed by atoms with van der Waals surface area (Å²) in [6.45, 7) is 0.515. The van der Waals surface area contributed by atoms with E-state index in [0.717, 1.165) is 50.8 Å². The summed E-state index contributed by atoms with van der Waals surface area (Å²) in [6, 6.07) is 33.4. The first kappa shape index (κ1) is 21.3. The normalized spacial score (nSPS) is 10.6. The minimum atomic E-state index is 0.515. The van der Waals surface area contributed by atoms with E-state index in [4.69, 9.17) is 14.2 Å². The SMILES string of the molecule is COc1ccc2c(Nc3ccc(Oc4cccc(OCc5ccccc5)c4)cc3)ccnc2c1. The van der Waals surface area contributed by atoms with Gasteiger partial charge in [0.25, 0.3) is 0 Å². The molecular formula is C29H24N2O3. The third-order valence-electron chi connectivity index (χ3n) is 5.37. The molecule has 5 heteroatoms. The fourth-order valence-corrected chi connectivity index (χ4v) is 3.63. The summed E-state index contributed by atoms with van der Waals surface area (Å²) in [5.74, 6) is 3.02. The lowest BCUT2D eigenvalue weighted by Gasteiger charge is -2.12. The molecule has 4 aromatic carbocycles. The summed E-state index contributed by atoms with van der Waals surface area (Å²) < 4.78 is 17.2. The van der Waals surface area contributed by atoms with Crippen LogP contribution in [0.3, 0.4) is 0 Å². The van der Waals surface area contributed by atoms with E-state index in [2.05, 4.69) is 10.3 Å². The van der Waals surface area contributed by atoms with Crippen LogP contribution in [0, 0.1) is 0 Å². The Morgan fingerprint density at radius 2 is 1.50 bits per heavy atom. The van der Waals surface area contributed by atoms with Crippen LogP contribution in [0.2, 0.25) is 0 Å². The quantitative estimate of drug-likeness (QED) is 0.269. The number of anilines is 2. The highest BCUT2D eigenvalue weighted by molar-refractivity contribution is 5.93. The summed E-state index contributed by atoms with van der Waals surface area (Å²) in [5, 5.41) is 4.48. The predicted molar refractivity (Wildman–Crippen MR) is 135 cm³/mol. The zero-order valence-electron chi connectivity index (χ0n) is 18.8. The van der Waals surface area contributed by atoms with E-state index in [1.165, 1.54) is 0 Å². The predicted octanol–water partition coefficient (Wildman–Crippen LogP) is 7.36. The van der Waals surface area contributed by atoms with Crippen molar-refractivity contribution in [2.24, 2.45) is 0 Å². The molecule has 5 rings (SSSR count). The molecule has 0 fully saturated rings. The van der Waals surface area contributed by atoms with Crippen molar-refractivity contribution < 1.29 is 14.2 Å². The van der Waals surface area contributed by atoms with Gasteiger partial charge in [0.05, 0.1) is 12.6 Å². The average molecular weight is 449 g/mol. The fourth-order valence-electron chi connectivity index (χ4n) is 3.63. The highest BCUT2D eigenvalue weighted by Crippen LogP contribution is 2.30. The van der Waals surface area contributed by atoms with Crippen LogP contribution in [0.15, 0.2) is 109 Å². The summed E-state index contributed by atoms with van der Waals surface area (Å²) >= 11 is 0. The van der Waals surface area contributed by atoms with Crippen molar-refractivity contribution in [3.63, 3.8) is 0 Å². The van der Waals surface area contributed by atoms with Gasteiger partial charge in [-0.25, -0.2) is 0 Å². The summed E-state index contributed by atoms with van der Waals surface area (Å²) in [5.41, 5.74) is 3.93. The Labute approximate surface area is 198 Å². The molecule has 0 aliphatic heterocycles. The maximum absolute atomic E-state index is 6.04. The number of ether oxygens (including phenoxy) is 3. The molecule has 0 spiro atoms. The molecule has 0 saturated heterocycles. The number of fused-ring (bicyclic) bond motifs is 1. The first-order chi connectivity index (χ1) is 16.8. The van der Waals surface area contributed by atoms with Crippen molar-refractivity contribution in [3.8, 4) is 23.0 Å². The van der Waals surface area contributed by atoms with Gasteiger partial charge in [-0.1, -0.05) is 36.4 Å². The molecule has 0 unspecified atom stereocenters. The van der Waals surface area contributed by atoms with Crippen LogP contribution in [0.5, 0.6) is 23.0 Å². The van der Waals surface area contributed by atoms with Crippen LogP contribution < -0.4 is 19.5 Å². The Hall–Kier alpha value is -4.51. The van der Waals surface area contributed by atoms with E-state index in [1.54, 1.807) is 13.3 Å². The van der Waals surface area contributed by atoms with Crippen molar-refractivity contribution in [2.45, 2.75) is 6.61 Å². The number of rotatable bonds is 8. The van der Waals surface area contributed by atoms with E-state index in [0.29, 0.717) is 6.61 Å². The van der Waals surface area contributed by atoms with Crippen LogP contribution in [0.4, 0.5) is 11.4 Å². The fraction of sp³-hybridized carbons (Fsp3) is 0.0690. The second-order valence-electron chi connectivity index (χ2n) is 7.74. The van der Waals surface area contributed by atoms with E-state index in [-0.39, 0.29) is 0 Å². The van der Waals surface area contributed by atoms with Crippen LogP contribution in [0.1, 0.15) is 5.56 Å². The molecular weight excluding hydrogens is 424 g/mol. The molecule has 168 valence electrons. The van der Waals surface area contributed by atoms with Crippen molar-refractivity contribution in [2.75, 3.05) is 12.4 Å². The van der Waals surface area contributed by atoms with Gasteiger partial charge in [-0.2, -0.15) is 0 Å². The van der Waals surface area contributed by atoms with E-state index in [1.807, 2.05) is 103 Å². The topological polar surface area (TPSA) is 52.6 Å². The Kier molecular flexibility index (Phi) is 6.25. The molecule has 1 N–H and O–H groups in total. The Morgan fingerprint density at radius 1 is 0.706 bits per heavy atom. The van der Waals surface area contributed by atoms with Gasteiger partial charge >= 0.3 is 0 Å². The highest BCUT2D eigenvalue weighted by Gasteiger charge is 2.05. The molecule has 1 aromatic heterocycles. The smallest absolute Gasteiger partial charge is 0.131 e. The number of pyridine rings is 1. The second kappa shape index (κ2) is 9.96.